The Morgan fingerprint density at radius 1 is 1.21 bits per heavy atom. The van der Waals surface area contributed by atoms with Crippen molar-refractivity contribution in [3.8, 4) is 0 Å². The number of hydrogen-bond donors (Lipinski definition) is 2. The van der Waals surface area contributed by atoms with Crippen molar-refractivity contribution in [3.05, 3.63) is 59.5 Å². The summed E-state index contributed by atoms with van der Waals surface area (Å²) >= 11 is 5.77. The number of rotatable bonds is 2. The Morgan fingerprint density at radius 3 is 2.84 bits per heavy atom. The molecule has 1 aromatic carbocycles. The van der Waals surface area contributed by atoms with Crippen molar-refractivity contribution in [2.45, 2.75) is 0 Å². The summed E-state index contributed by atoms with van der Waals surface area (Å²) in [6.45, 7) is 0. The Kier molecular flexibility index (Phi) is 2.93. The third kappa shape index (κ3) is 2.44. The molecule has 0 atom stereocenters. The van der Waals surface area contributed by atoms with E-state index in [0.717, 1.165) is 10.9 Å². The Hall–Kier alpha value is -2.33. The summed E-state index contributed by atoms with van der Waals surface area (Å²) in [5.41, 5.74) is 2.05. The van der Waals surface area contributed by atoms with E-state index in [2.05, 4.69) is 15.3 Å². The van der Waals surface area contributed by atoms with Gasteiger partial charge in [0.15, 0.2) is 0 Å². The quantitative estimate of drug-likeness (QED) is 0.701. The molecule has 0 aliphatic carbocycles. The molecule has 0 aliphatic rings. The zero-order chi connectivity index (χ0) is 13.2. The lowest BCUT2D eigenvalue weighted by Gasteiger charge is -2.03. The smallest absolute Gasteiger partial charge is 0.272 e. The lowest BCUT2D eigenvalue weighted by molar-refractivity contribution is 0.102. The van der Waals surface area contributed by atoms with Crippen LogP contribution in [-0.2, 0) is 0 Å². The molecule has 0 spiro atoms. The fraction of sp³-hybridized carbons (Fsp3) is 0. The number of para-hydroxylation sites is 1. The molecule has 0 saturated carbocycles. The van der Waals surface area contributed by atoms with Crippen LogP contribution < -0.4 is 5.32 Å². The molecule has 3 aromatic rings. The number of H-pyrrole nitrogens is 1. The summed E-state index contributed by atoms with van der Waals surface area (Å²) in [7, 11) is 0. The van der Waals surface area contributed by atoms with Gasteiger partial charge >= 0.3 is 0 Å². The highest BCUT2D eigenvalue weighted by Gasteiger charge is 2.09. The highest BCUT2D eigenvalue weighted by atomic mass is 35.5. The van der Waals surface area contributed by atoms with Crippen molar-refractivity contribution in [2.75, 3.05) is 5.32 Å². The van der Waals surface area contributed by atoms with E-state index in [4.69, 9.17) is 11.6 Å². The van der Waals surface area contributed by atoms with Crippen molar-refractivity contribution in [1.29, 1.82) is 0 Å². The van der Waals surface area contributed by atoms with Crippen LogP contribution in [0, 0.1) is 0 Å². The number of fused-ring (bicyclic) bond motifs is 1. The van der Waals surface area contributed by atoms with Crippen molar-refractivity contribution in [3.63, 3.8) is 0 Å². The van der Waals surface area contributed by atoms with E-state index in [1.54, 1.807) is 18.3 Å². The van der Waals surface area contributed by atoms with Gasteiger partial charge in [0.2, 0.25) is 0 Å². The van der Waals surface area contributed by atoms with Gasteiger partial charge in [0.25, 0.3) is 5.91 Å². The molecule has 0 aliphatic heterocycles. The molecular weight excluding hydrogens is 262 g/mol. The molecule has 0 bridgehead atoms. The molecule has 2 N–H and O–H groups in total. The molecule has 0 radical (unpaired) electrons. The van der Waals surface area contributed by atoms with E-state index in [-0.39, 0.29) is 5.91 Å². The van der Waals surface area contributed by atoms with E-state index in [0.29, 0.717) is 16.5 Å². The van der Waals surface area contributed by atoms with Crippen molar-refractivity contribution in [1.82, 2.24) is 9.97 Å². The SMILES string of the molecule is O=C(Nc1ccnc(Cl)c1)c1cc2ccccc2[nH]1. The van der Waals surface area contributed by atoms with E-state index in [1.807, 2.05) is 30.3 Å². The van der Waals surface area contributed by atoms with Gasteiger partial charge in [-0.3, -0.25) is 4.79 Å². The Balaban J connectivity index is 1.87. The normalized spacial score (nSPS) is 10.6. The largest absolute Gasteiger partial charge is 0.351 e. The zero-order valence-electron chi connectivity index (χ0n) is 9.85. The van der Waals surface area contributed by atoms with Crippen LogP contribution in [0.15, 0.2) is 48.7 Å². The van der Waals surface area contributed by atoms with E-state index < -0.39 is 0 Å². The highest BCUT2D eigenvalue weighted by Crippen LogP contribution is 2.17. The minimum absolute atomic E-state index is 0.210. The summed E-state index contributed by atoms with van der Waals surface area (Å²) in [6.07, 6.45) is 1.54. The summed E-state index contributed by atoms with van der Waals surface area (Å²) in [5.74, 6) is -0.210. The van der Waals surface area contributed by atoms with Crippen LogP contribution in [-0.4, -0.2) is 15.9 Å². The van der Waals surface area contributed by atoms with Gasteiger partial charge in [-0.2, -0.15) is 0 Å². The maximum absolute atomic E-state index is 12.1. The van der Waals surface area contributed by atoms with Gasteiger partial charge in [0.05, 0.1) is 0 Å². The number of pyridine rings is 1. The number of benzene rings is 1. The van der Waals surface area contributed by atoms with Gasteiger partial charge in [0.1, 0.15) is 10.8 Å². The summed E-state index contributed by atoms with van der Waals surface area (Å²) in [4.78, 5) is 19.0. The van der Waals surface area contributed by atoms with E-state index in [9.17, 15) is 4.79 Å². The van der Waals surface area contributed by atoms with Gasteiger partial charge in [0, 0.05) is 22.8 Å². The first-order valence-corrected chi connectivity index (χ1v) is 6.11. The predicted octanol–water partition coefficient (Wildman–Crippen LogP) is 3.47. The number of nitrogens with one attached hydrogen (secondary N) is 2. The first kappa shape index (κ1) is 11.7. The number of nitrogens with zero attached hydrogens (tertiary/aromatic N) is 1. The first-order valence-electron chi connectivity index (χ1n) is 5.73. The third-order valence-corrected chi connectivity index (χ3v) is 2.97. The van der Waals surface area contributed by atoms with E-state index in [1.165, 1.54) is 0 Å². The molecular formula is C14H10ClN3O. The second kappa shape index (κ2) is 4.74. The molecule has 2 heterocycles. The van der Waals surface area contributed by atoms with Gasteiger partial charge in [-0.25, -0.2) is 4.98 Å². The van der Waals surface area contributed by atoms with Gasteiger partial charge < -0.3 is 10.3 Å². The lowest BCUT2D eigenvalue weighted by atomic mass is 10.2. The van der Waals surface area contributed by atoms with Gasteiger partial charge in [-0.05, 0) is 24.3 Å². The molecule has 1 amide bonds. The summed E-state index contributed by atoms with van der Waals surface area (Å²) in [6, 6.07) is 12.8. The molecule has 5 heteroatoms. The molecule has 0 saturated heterocycles. The Bertz CT molecular complexity index is 718. The van der Waals surface area contributed by atoms with Crippen LogP contribution in [0.4, 0.5) is 5.69 Å². The van der Waals surface area contributed by atoms with Crippen LogP contribution in [0.25, 0.3) is 10.9 Å². The second-order valence-electron chi connectivity index (χ2n) is 4.09. The Morgan fingerprint density at radius 2 is 2.05 bits per heavy atom. The zero-order valence-corrected chi connectivity index (χ0v) is 10.6. The van der Waals surface area contributed by atoms with Crippen LogP contribution in [0.2, 0.25) is 5.15 Å². The average Bonchev–Trinajstić information content (AvgIpc) is 2.82. The lowest BCUT2D eigenvalue weighted by Crippen LogP contribution is -2.12. The van der Waals surface area contributed by atoms with Crippen LogP contribution in [0.5, 0.6) is 0 Å². The fourth-order valence-corrected chi connectivity index (χ4v) is 2.05. The molecule has 0 unspecified atom stereocenters. The van der Waals surface area contributed by atoms with Crippen molar-refractivity contribution >= 4 is 34.1 Å². The average molecular weight is 272 g/mol. The maximum Gasteiger partial charge on any atom is 0.272 e. The predicted molar refractivity (Wildman–Crippen MR) is 75.5 cm³/mol. The molecule has 2 aromatic heterocycles. The number of carbonyl (C=O) groups excluding carboxylic acids is 1. The second-order valence-corrected chi connectivity index (χ2v) is 4.48. The minimum atomic E-state index is -0.210. The molecule has 4 nitrogen and oxygen atoms in total. The maximum atomic E-state index is 12.1. The standard InChI is InChI=1S/C14H10ClN3O/c15-13-8-10(5-6-16-13)17-14(19)12-7-9-3-1-2-4-11(9)18-12/h1-8,18H,(H,16,17,19). The molecule has 19 heavy (non-hydrogen) atoms. The van der Waals surface area contributed by atoms with Crippen LogP contribution >= 0.6 is 11.6 Å². The molecule has 3 rings (SSSR count). The van der Waals surface area contributed by atoms with Gasteiger partial charge in [-0.1, -0.05) is 29.8 Å². The number of anilines is 1. The summed E-state index contributed by atoms with van der Waals surface area (Å²) in [5, 5.41) is 4.11. The number of hydrogen-bond acceptors (Lipinski definition) is 2. The van der Waals surface area contributed by atoms with E-state index >= 15 is 0 Å². The van der Waals surface area contributed by atoms with Crippen molar-refractivity contribution < 1.29 is 4.79 Å². The van der Waals surface area contributed by atoms with Gasteiger partial charge in [-0.15, -0.1) is 0 Å². The van der Waals surface area contributed by atoms with Crippen LogP contribution in [0.1, 0.15) is 10.5 Å². The van der Waals surface area contributed by atoms with Crippen molar-refractivity contribution in [2.24, 2.45) is 0 Å². The number of halogens is 1. The first-order chi connectivity index (χ1) is 9.22. The summed E-state index contributed by atoms with van der Waals surface area (Å²) < 4.78 is 0. The number of aromatic amines is 1. The highest BCUT2D eigenvalue weighted by molar-refractivity contribution is 6.29. The number of aromatic nitrogens is 2. The number of amides is 1. The topological polar surface area (TPSA) is 57.8 Å². The number of carbonyl (C=O) groups is 1. The Labute approximate surface area is 114 Å². The molecule has 94 valence electrons. The fourth-order valence-electron chi connectivity index (χ4n) is 1.87. The van der Waals surface area contributed by atoms with Crippen LogP contribution in [0.3, 0.4) is 0 Å². The third-order valence-electron chi connectivity index (χ3n) is 2.76. The molecule has 0 fully saturated rings. The monoisotopic (exact) mass is 271 g/mol. The minimum Gasteiger partial charge on any atom is -0.351 e.